The van der Waals surface area contributed by atoms with Crippen LogP contribution in [0, 0.1) is 31.0 Å². The SMILES string of the molecule is Cc1oc(NC(=O)CN(C)Cc2cccc(F)c2)c(C#N)c1C. The summed E-state index contributed by atoms with van der Waals surface area (Å²) in [5.74, 6) is 0.173. The predicted molar refractivity (Wildman–Crippen MR) is 84.3 cm³/mol. The Morgan fingerprint density at radius 1 is 1.43 bits per heavy atom. The number of halogens is 1. The zero-order valence-electron chi connectivity index (χ0n) is 13.3. The van der Waals surface area contributed by atoms with Crippen molar-refractivity contribution in [3.63, 3.8) is 0 Å². The molecule has 0 aliphatic rings. The van der Waals surface area contributed by atoms with E-state index in [1.807, 2.05) is 6.07 Å². The van der Waals surface area contributed by atoms with Crippen LogP contribution in [0.5, 0.6) is 0 Å². The van der Waals surface area contributed by atoms with Crippen molar-refractivity contribution in [2.45, 2.75) is 20.4 Å². The molecule has 0 atom stereocenters. The number of likely N-dealkylation sites (N-methyl/N-ethyl adjacent to an activating group) is 1. The first-order chi connectivity index (χ1) is 10.9. The van der Waals surface area contributed by atoms with Crippen LogP contribution in [0.2, 0.25) is 0 Å². The summed E-state index contributed by atoms with van der Waals surface area (Å²) in [4.78, 5) is 13.8. The van der Waals surface area contributed by atoms with Crippen LogP contribution < -0.4 is 5.32 Å². The van der Waals surface area contributed by atoms with Gasteiger partial charge in [0, 0.05) is 12.1 Å². The number of aryl methyl sites for hydroxylation is 1. The molecule has 1 heterocycles. The number of nitrogens with zero attached hydrogens (tertiary/aromatic N) is 2. The lowest BCUT2D eigenvalue weighted by atomic mass is 10.2. The molecular weight excluding hydrogens is 297 g/mol. The first-order valence-electron chi connectivity index (χ1n) is 7.13. The summed E-state index contributed by atoms with van der Waals surface area (Å²) < 4.78 is 18.6. The summed E-state index contributed by atoms with van der Waals surface area (Å²) >= 11 is 0. The molecule has 120 valence electrons. The van der Waals surface area contributed by atoms with Crippen LogP contribution in [0.3, 0.4) is 0 Å². The number of anilines is 1. The molecule has 1 aromatic heterocycles. The maximum atomic E-state index is 13.2. The number of hydrogen-bond donors (Lipinski definition) is 1. The summed E-state index contributed by atoms with van der Waals surface area (Å²) in [6.07, 6.45) is 0. The number of hydrogen-bond acceptors (Lipinski definition) is 4. The zero-order valence-corrected chi connectivity index (χ0v) is 13.3. The van der Waals surface area contributed by atoms with Gasteiger partial charge >= 0.3 is 0 Å². The number of furan rings is 1. The summed E-state index contributed by atoms with van der Waals surface area (Å²) in [7, 11) is 1.76. The van der Waals surface area contributed by atoms with Crippen LogP contribution in [0.15, 0.2) is 28.7 Å². The first-order valence-corrected chi connectivity index (χ1v) is 7.13. The van der Waals surface area contributed by atoms with Gasteiger partial charge in [-0.05, 0) is 38.6 Å². The van der Waals surface area contributed by atoms with E-state index in [1.165, 1.54) is 12.1 Å². The van der Waals surface area contributed by atoms with E-state index in [0.29, 0.717) is 17.9 Å². The highest BCUT2D eigenvalue weighted by atomic mass is 19.1. The Morgan fingerprint density at radius 3 is 2.83 bits per heavy atom. The van der Waals surface area contributed by atoms with Crippen molar-refractivity contribution in [1.82, 2.24) is 4.90 Å². The first kappa shape index (κ1) is 16.7. The lowest BCUT2D eigenvalue weighted by molar-refractivity contribution is -0.117. The van der Waals surface area contributed by atoms with Gasteiger partial charge in [-0.15, -0.1) is 0 Å². The molecule has 23 heavy (non-hydrogen) atoms. The molecule has 0 spiro atoms. The van der Waals surface area contributed by atoms with E-state index in [2.05, 4.69) is 5.32 Å². The van der Waals surface area contributed by atoms with E-state index >= 15 is 0 Å². The normalized spacial score (nSPS) is 10.6. The fraction of sp³-hybridized carbons (Fsp3) is 0.294. The van der Waals surface area contributed by atoms with E-state index in [9.17, 15) is 9.18 Å². The van der Waals surface area contributed by atoms with E-state index in [1.54, 1.807) is 37.9 Å². The molecule has 0 unspecified atom stereocenters. The van der Waals surface area contributed by atoms with Gasteiger partial charge in [-0.2, -0.15) is 5.26 Å². The quantitative estimate of drug-likeness (QED) is 0.921. The van der Waals surface area contributed by atoms with E-state index < -0.39 is 0 Å². The minimum atomic E-state index is -0.305. The number of carbonyl (C=O) groups excluding carboxylic acids is 1. The topological polar surface area (TPSA) is 69.3 Å². The summed E-state index contributed by atoms with van der Waals surface area (Å²) in [6.45, 7) is 4.04. The van der Waals surface area contributed by atoms with Crippen LogP contribution in [-0.4, -0.2) is 24.4 Å². The van der Waals surface area contributed by atoms with Crippen LogP contribution in [0.4, 0.5) is 10.3 Å². The Bertz CT molecular complexity index is 762. The van der Waals surface area contributed by atoms with Gasteiger partial charge < -0.3 is 4.42 Å². The second-order valence-electron chi connectivity index (χ2n) is 5.45. The zero-order chi connectivity index (χ0) is 17.0. The highest BCUT2D eigenvalue weighted by Gasteiger charge is 2.17. The third-order valence-corrected chi connectivity index (χ3v) is 3.51. The molecule has 0 aliphatic carbocycles. The maximum Gasteiger partial charge on any atom is 0.240 e. The average Bonchev–Trinajstić information content (AvgIpc) is 2.72. The van der Waals surface area contributed by atoms with Gasteiger partial charge in [0.1, 0.15) is 23.2 Å². The van der Waals surface area contributed by atoms with Crippen molar-refractivity contribution in [2.75, 3.05) is 18.9 Å². The highest BCUT2D eigenvalue weighted by Crippen LogP contribution is 2.25. The number of carbonyl (C=O) groups is 1. The molecular formula is C17H18FN3O2. The van der Waals surface area contributed by atoms with E-state index in [-0.39, 0.29) is 24.2 Å². The summed E-state index contributed by atoms with van der Waals surface area (Å²) in [5.41, 5.74) is 1.84. The van der Waals surface area contributed by atoms with Gasteiger partial charge in [0.2, 0.25) is 11.8 Å². The Balaban J connectivity index is 1.97. The van der Waals surface area contributed by atoms with Crippen molar-refractivity contribution >= 4 is 11.8 Å². The lowest BCUT2D eigenvalue weighted by Crippen LogP contribution is -2.29. The fourth-order valence-corrected chi connectivity index (χ4v) is 2.26. The van der Waals surface area contributed by atoms with Crippen molar-refractivity contribution < 1.29 is 13.6 Å². The maximum absolute atomic E-state index is 13.2. The number of amides is 1. The third kappa shape index (κ3) is 4.18. The molecule has 0 fully saturated rings. The molecule has 2 rings (SSSR count). The van der Waals surface area contributed by atoms with Crippen LogP contribution >= 0.6 is 0 Å². The molecule has 0 saturated heterocycles. The molecule has 1 aromatic carbocycles. The number of rotatable bonds is 5. The number of nitriles is 1. The Morgan fingerprint density at radius 2 is 2.17 bits per heavy atom. The molecule has 0 bridgehead atoms. The Labute approximate surface area is 134 Å². The molecule has 1 N–H and O–H groups in total. The molecule has 0 saturated carbocycles. The van der Waals surface area contributed by atoms with Crippen molar-refractivity contribution in [3.8, 4) is 6.07 Å². The second-order valence-corrected chi connectivity index (χ2v) is 5.45. The van der Waals surface area contributed by atoms with Crippen molar-refractivity contribution in [3.05, 3.63) is 52.5 Å². The van der Waals surface area contributed by atoms with Gasteiger partial charge in [-0.25, -0.2) is 4.39 Å². The molecule has 0 aliphatic heterocycles. The van der Waals surface area contributed by atoms with Crippen molar-refractivity contribution in [2.24, 2.45) is 0 Å². The minimum absolute atomic E-state index is 0.0974. The molecule has 2 aromatic rings. The lowest BCUT2D eigenvalue weighted by Gasteiger charge is -2.16. The Hall–Kier alpha value is -2.65. The van der Waals surface area contributed by atoms with E-state index in [4.69, 9.17) is 9.68 Å². The van der Waals surface area contributed by atoms with Gasteiger partial charge in [0.15, 0.2) is 0 Å². The van der Waals surface area contributed by atoms with Crippen LogP contribution in [-0.2, 0) is 11.3 Å². The smallest absolute Gasteiger partial charge is 0.240 e. The minimum Gasteiger partial charge on any atom is -0.444 e. The van der Waals surface area contributed by atoms with Gasteiger partial charge in [-0.3, -0.25) is 15.0 Å². The van der Waals surface area contributed by atoms with Gasteiger partial charge in [0.05, 0.1) is 6.54 Å². The Kier molecular flexibility index (Phi) is 5.14. The van der Waals surface area contributed by atoms with Crippen LogP contribution in [0.1, 0.15) is 22.5 Å². The number of nitrogens with one attached hydrogen (secondary N) is 1. The molecule has 0 radical (unpaired) electrons. The summed E-state index contributed by atoms with van der Waals surface area (Å²) in [5, 5.41) is 11.7. The third-order valence-electron chi connectivity index (χ3n) is 3.51. The fourth-order valence-electron chi connectivity index (χ4n) is 2.26. The second kappa shape index (κ2) is 7.07. The standard InChI is InChI=1S/C17H18FN3O2/c1-11-12(2)23-17(15(11)8-19)20-16(22)10-21(3)9-13-5-4-6-14(18)7-13/h4-7H,9-10H2,1-3H3,(H,20,22). The largest absolute Gasteiger partial charge is 0.444 e. The molecule has 5 nitrogen and oxygen atoms in total. The average molecular weight is 315 g/mol. The number of benzene rings is 1. The predicted octanol–water partition coefficient (Wildman–Crippen LogP) is 2.98. The van der Waals surface area contributed by atoms with E-state index in [0.717, 1.165) is 11.1 Å². The highest BCUT2D eigenvalue weighted by molar-refractivity contribution is 5.92. The summed E-state index contributed by atoms with van der Waals surface area (Å²) in [6, 6.07) is 8.26. The van der Waals surface area contributed by atoms with Gasteiger partial charge in [0.25, 0.3) is 0 Å². The van der Waals surface area contributed by atoms with Gasteiger partial charge in [-0.1, -0.05) is 12.1 Å². The van der Waals surface area contributed by atoms with Crippen LogP contribution in [0.25, 0.3) is 0 Å². The van der Waals surface area contributed by atoms with Crippen molar-refractivity contribution in [1.29, 1.82) is 5.26 Å². The molecule has 6 heteroatoms. The molecule has 1 amide bonds. The monoisotopic (exact) mass is 315 g/mol.